The van der Waals surface area contributed by atoms with Crippen molar-refractivity contribution in [1.82, 2.24) is 10.3 Å². The Balaban J connectivity index is 2.43. The Kier molecular flexibility index (Phi) is 4.33. The average molecular weight is 254 g/mol. The number of aryl methyl sites for hydroxylation is 2. The van der Waals surface area contributed by atoms with Crippen LogP contribution >= 0.6 is 0 Å². The lowest BCUT2D eigenvalue weighted by Crippen LogP contribution is -2.22. The number of rotatable bonds is 4. The van der Waals surface area contributed by atoms with Crippen LogP contribution in [-0.2, 0) is 6.54 Å². The van der Waals surface area contributed by atoms with E-state index in [-0.39, 0.29) is 0 Å². The molecule has 0 aliphatic carbocycles. The second kappa shape index (κ2) is 5.98. The summed E-state index contributed by atoms with van der Waals surface area (Å²) in [6.45, 7) is 9.50. The molecule has 2 nitrogen and oxygen atoms in total. The number of aromatic nitrogens is 1. The first-order valence-electron chi connectivity index (χ1n) is 6.82. The molecule has 1 aromatic carbocycles. The fourth-order valence-electron chi connectivity index (χ4n) is 2.18. The second-order valence-electron chi connectivity index (χ2n) is 5.39. The van der Waals surface area contributed by atoms with Crippen molar-refractivity contribution in [2.45, 2.75) is 40.3 Å². The molecule has 0 amide bonds. The van der Waals surface area contributed by atoms with E-state index in [2.05, 4.69) is 62.3 Å². The summed E-state index contributed by atoms with van der Waals surface area (Å²) in [5.74, 6) is 0. The minimum Gasteiger partial charge on any atom is -0.310 e. The molecule has 0 saturated heterocycles. The van der Waals surface area contributed by atoms with E-state index in [4.69, 9.17) is 0 Å². The summed E-state index contributed by atoms with van der Waals surface area (Å²) < 4.78 is 0. The first-order chi connectivity index (χ1) is 9.08. The lowest BCUT2D eigenvalue weighted by molar-refractivity contribution is 0.589. The SMILES string of the molecule is Cc1ccc(CNC(C)C)c(-c2ccncc2C)c1. The van der Waals surface area contributed by atoms with Crippen LogP contribution in [0.3, 0.4) is 0 Å². The molecule has 1 heterocycles. The highest BCUT2D eigenvalue weighted by Crippen LogP contribution is 2.27. The van der Waals surface area contributed by atoms with Gasteiger partial charge in [0.2, 0.25) is 0 Å². The van der Waals surface area contributed by atoms with Crippen LogP contribution < -0.4 is 5.32 Å². The van der Waals surface area contributed by atoms with Crippen molar-refractivity contribution in [3.8, 4) is 11.1 Å². The Morgan fingerprint density at radius 2 is 1.89 bits per heavy atom. The third kappa shape index (κ3) is 3.42. The maximum atomic E-state index is 4.18. The molecule has 0 saturated carbocycles. The van der Waals surface area contributed by atoms with Crippen LogP contribution in [0.25, 0.3) is 11.1 Å². The maximum absolute atomic E-state index is 4.18. The second-order valence-corrected chi connectivity index (χ2v) is 5.39. The van der Waals surface area contributed by atoms with E-state index in [9.17, 15) is 0 Å². The van der Waals surface area contributed by atoms with Crippen molar-refractivity contribution >= 4 is 0 Å². The third-order valence-corrected chi connectivity index (χ3v) is 3.28. The monoisotopic (exact) mass is 254 g/mol. The Morgan fingerprint density at radius 3 is 2.58 bits per heavy atom. The van der Waals surface area contributed by atoms with Crippen LogP contribution in [-0.4, -0.2) is 11.0 Å². The molecule has 100 valence electrons. The van der Waals surface area contributed by atoms with Crippen molar-refractivity contribution < 1.29 is 0 Å². The minimum absolute atomic E-state index is 0.493. The van der Waals surface area contributed by atoms with Gasteiger partial charge in [0, 0.05) is 25.0 Å². The van der Waals surface area contributed by atoms with E-state index < -0.39 is 0 Å². The smallest absolute Gasteiger partial charge is 0.0303 e. The van der Waals surface area contributed by atoms with Crippen molar-refractivity contribution in [2.24, 2.45) is 0 Å². The number of nitrogens with one attached hydrogen (secondary N) is 1. The molecule has 0 unspecified atom stereocenters. The highest BCUT2D eigenvalue weighted by atomic mass is 14.9. The third-order valence-electron chi connectivity index (χ3n) is 3.28. The molecule has 19 heavy (non-hydrogen) atoms. The largest absolute Gasteiger partial charge is 0.310 e. The Bertz CT molecular complexity index is 559. The highest BCUT2D eigenvalue weighted by Gasteiger charge is 2.08. The molecular formula is C17H22N2. The molecule has 1 N–H and O–H groups in total. The molecule has 2 aromatic rings. The molecule has 0 aliphatic heterocycles. The molecule has 0 atom stereocenters. The summed E-state index contributed by atoms with van der Waals surface area (Å²) in [4.78, 5) is 4.18. The lowest BCUT2D eigenvalue weighted by atomic mass is 9.95. The maximum Gasteiger partial charge on any atom is 0.0303 e. The summed E-state index contributed by atoms with van der Waals surface area (Å²) in [6.07, 6.45) is 3.79. The summed E-state index contributed by atoms with van der Waals surface area (Å²) in [7, 11) is 0. The number of pyridine rings is 1. The first-order valence-corrected chi connectivity index (χ1v) is 6.82. The zero-order valence-corrected chi connectivity index (χ0v) is 12.2. The zero-order chi connectivity index (χ0) is 13.8. The molecule has 1 aromatic heterocycles. The topological polar surface area (TPSA) is 24.9 Å². The summed E-state index contributed by atoms with van der Waals surface area (Å²) in [5, 5.41) is 3.50. The minimum atomic E-state index is 0.493. The molecule has 0 spiro atoms. The zero-order valence-electron chi connectivity index (χ0n) is 12.2. The molecule has 0 fully saturated rings. The summed E-state index contributed by atoms with van der Waals surface area (Å²) in [5.41, 5.74) is 6.44. The molecule has 0 radical (unpaired) electrons. The van der Waals surface area contributed by atoms with Crippen LogP contribution in [0.5, 0.6) is 0 Å². The van der Waals surface area contributed by atoms with Crippen LogP contribution in [0.4, 0.5) is 0 Å². The van der Waals surface area contributed by atoms with Crippen LogP contribution in [0.15, 0.2) is 36.7 Å². The van der Waals surface area contributed by atoms with E-state index in [1.807, 2.05) is 12.4 Å². The standard InChI is InChI=1S/C17H22N2/c1-12(2)19-11-15-6-5-13(3)9-17(15)16-7-8-18-10-14(16)4/h5-10,12,19H,11H2,1-4H3. The van der Waals surface area contributed by atoms with E-state index in [1.54, 1.807) is 0 Å². The predicted octanol–water partition coefficient (Wildman–Crippen LogP) is 3.86. The molecule has 0 aliphatic rings. The Labute approximate surface area is 115 Å². The molecule has 2 heteroatoms. The van der Waals surface area contributed by atoms with E-state index in [1.165, 1.54) is 27.8 Å². The van der Waals surface area contributed by atoms with Gasteiger partial charge in [0.1, 0.15) is 0 Å². The fraction of sp³-hybridized carbons (Fsp3) is 0.353. The van der Waals surface area contributed by atoms with Crippen molar-refractivity contribution in [3.05, 3.63) is 53.3 Å². The van der Waals surface area contributed by atoms with E-state index >= 15 is 0 Å². The van der Waals surface area contributed by atoms with Gasteiger partial charge in [-0.15, -0.1) is 0 Å². The quantitative estimate of drug-likeness (QED) is 0.896. The predicted molar refractivity (Wildman–Crippen MR) is 81.1 cm³/mol. The van der Waals surface area contributed by atoms with Crippen LogP contribution in [0.2, 0.25) is 0 Å². The number of hydrogen-bond donors (Lipinski definition) is 1. The molecule has 2 rings (SSSR count). The number of benzene rings is 1. The van der Waals surface area contributed by atoms with Crippen LogP contribution in [0.1, 0.15) is 30.5 Å². The van der Waals surface area contributed by atoms with Gasteiger partial charge in [-0.3, -0.25) is 4.98 Å². The van der Waals surface area contributed by atoms with Gasteiger partial charge in [-0.05, 0) is 42.2 Å². The summed E-state index contributed by atoms with van der Waals surface area (Å²) >= 11 is 0. The van der Waals surface area contributed by atoms with E-state index in [0.717, 1.165) is 6.54 Å². The van der Waals surface area contributed by atoms with Crippen molar-refractivity contribution in [2.75, 3.05) is 0 Å². The molecular weight excluding hydrogens is 232 g/mol. The normalized spacial score (nSPS) is 11.0. The lowest BCUT2D eigenvalue weighted by Gasteiger charge is -2.15. The first kappa shape index (κ1) is 13.8. The number of nitrogens with zero attached hydrogens (tertiary/aromatic N) is 1. The van der Waals surface area contributed by atoms with Gasteiger partial charge in [0.25, 0.3) is 0 Å². The Hall–Kier alpha value is -1.67. The van der Waals surface area contributed by atoms with Gasteiger partial charge in [0.15, 0.2) is 0 Å². The number of hydrogen-bond acceptors (Lipinski definition) is 2. The highest BCUT2D eigenvalue weighted by molar-refractivity contribution is 5.70. The van der Waals surface area contributed by atoms with Crippen molar-refractivity contribution in [3.63, 3.8) is 0 Å². The van der Waals surface area contributed by atoms with Gasteiger partial charge in [-0.2, -0.15) is 0 Å². The van der Waals surface area contributed by atoms with E-state index in [0.29, 0.717) is 6.04 Å². The van der Waals surface area contributed by atoms with Gasteiger partial charge in [-0.25, -0.2) is 0 Å². The van der Waals surface area contributed by atoms with Gasteiger partial charge in [0.05, 0.1) is 0 Å². The molecule has 0 bridgehead atoms. The Morgan fingerprint density at radius 1 is 1.11 bits per heavy atom. The van der Waals surface area contributed by atoms with Gasteiger partial charge < -0.3 is 5.32 Å². The average Bonchev–Trinajstić information content (AvgIpc) is 2.37. The van der Waals surface area contributed by atoms with Crippen molar-refractivity contribution in [1.29, 1.82) is 0 Å². The van der Waals surface area contributed by atoms with Gasteiger partial charge >= 0.3 is 0 Å². The summed E-state index contributed by atoms with van der Waals surface area (Å²) in [6, 6.07) is 9.26. The fourth-order valence-corrected chi connectivity index (χ4v) is 2.18. The van der Waals surface area contributed by atoms with Gasteiger partial charge in [-0.1, -0.05) is 37.6 Å². The van der Waals surface area contributed by atoms with Crippen LogP contribution in [0, 0.1) is 13.8 Å².